The van der Waals surface area contributed by atoms with E-state index in [1.54, 1.807) is 11.8 Å². The monoisotopic (exact) mass is 420 g/mol. The number of amides is 1. The molecule has 2 saturated heterocycles. The first-order valence-corrected chi connectivity index (χ1v) is 11.1. The molecule has 8 heteroatoms. The van der Waals surface area contributed by atoms with Gasteiger partial charge >= 0.3 is 5.69 Å². The third-order valence-electron chi connectivity index (χ3n) is 6.42. The van der Waals surface area contributed by atoms with Crippen molar-refractivity contribution in [3.63, 3.8) is 0 Å². The van der Waals surface area contributed by atoms with E-state index >= 15 is 0 Å². The molecule has 3 heterocycles. The maximum absolute atomic E-state index is 12.8. The number of likely N-dealkylation sites (tertiary alicyclic amines) is 1. The summed E-state index contributed by atoms with van der Waals surface area (Å²) in [7, 11) is 2.06. The third-order valence-corrected chi connectivity index (χ3v) is 6.42. The summed E-state index contributed by atoms with van der Waals surface area (Å²) in [6.45, 7) is 7.90. The van der Waals surface area contributed by atoms with Crippen LogP contribution in [0.25, 0.3) is 0 Å². The molecule has 2 aliphatic rings. The predicted molar refractivity (Wildman–Crippen MR) is 114 cm³/mol. The number of aliphatic hydroxyl groups is 1. The molecule has 3 rings (SSSR count). The first-order chi connectivity index (χ1) is 14.3. The Morgan fingerprint density at radius 3 is 2.80 bits per heavy atom. The van der Waals surface area contributed by atoms with Crippen molar-refractivity contribution >= 4 is 5.91 Å². The number of aromatic amines is 1. The van der Waals surface area contributed by atoms with Gasteiger partial charge in [0, 0.05) is 50.7 Å². The van der Waals surface area contributed by atoms with Crippen molar-refractivity contribution in [2.75, 3.05) is 46.4 Å². The molecular weight excluding hydrogens is 384 g/mol. The zero-order valence-electron chi connectivity index (χ0n) is 18.6. The molecule has 0 aliphatic carbocycles. The van der Waals surface area contributed by atoms with Crippen LogP contribution < -0.4 is 5.69 Å². The van der Waals surface area contributed by atoms with Gasteiger partial charge in [0.15, 0.2) is 0 Å². The molecule has 1 aromatic rings. The number of nitrogens with zero attached hydrogens (tertiary/aromatic N) is 3. The molecule has 0 saturated carbocycles. The second kappa shape index (κ2) is 10.0. The van der Waals surface area contributed by atoms with Crippen LogP contribution in [0.3, 0.4) is 0 Å². The molecule has 0 radical (unpaired) electrons. The zero-order chi connectivity index (χ0) is 21.7. The number of aromatic nitrogens is 2. The van der Waals surface area contributed by atoms with Gasteiger partial charge in [-0.25, -0.2) is 4.79 Å². The molecule has 2 fully saturated rings. The summed E-state index contributed by atoms with van der Waals surface area (Å²) in [6, 6.07) is 0. The highest BCUT2D eigenvalue weighted by Crippen LogP contribution is 2.24. The Morgan fingerprint density at radius 1 is 1.37 bits per heavy atom. The molecule has 1 atom stereocenters. The minimum atomic E-state index is -0.862. The van der Waals surface area contributed by atoms with Crippen molar-refractivity contribution in [2.24, 2.45) is 5.92 Å². The normalized spacial score (nSPS) is 23.2. The Morgan fingerprint density at radius 2 is 2.10 bits per heavy atom. The molecule has 2 aliphatic heterocycles. The van der Waals surface area contributed by atoms with Crippen molar-refractivity contribution in [3.05, 3.63) is 27.4 Å². The molecule has 30 heavy (non-hydrogen) atoms. The molecule has 2 N–H and O–H groups in total. The lowest BCUT2D eigenvalue weighted by Gasteiger charge is -2.42. The molecule has 168 valence electrons. The summed E-state index contributed by atoms with van der Waals surface area (Å²) in [6.07, 6.45) is 4.57. The third kappa shape index (κ3) is 6.12. The maximum Gasteiger partial charge on any atom is 0.345 e. The van der Waals surface area contributed by atoms with Crippen LogP contribution in [0.15, 0.2) is 4.79 Å². The number of aryl methyl sites for hydroxylation is 2. The molecule has 1 amide bonds. The standard InChI is InChI=1S/C22H36N4O4/c1-16-19(17(2)24-21(28)23-16)5-6-20(27)26-10-4-9-22(29,15-26)14-25(3)13-18-7-11-30-12-8-18/h18,29H,4-15H2,1-3H3,(H,23,24,28). The van der Waals surface area contributed by atoms with E-state index in [1.165, 1.54) is 0 Å². The van der Waals surface area contributed by atoms with E-state index in [4.69, 9.17) is 4.74 Å². The summed E-state index contributed by atoms with van der Waals surface area (Å²) in [4.78, 5) is 35.0. The van der Waals surface area contributed by atoms with E-state index < -0.39 is 5.60 Å². The average molecular weight is 421 g/mol. The molecular formula is C22H36N4O4. The maximum atomic E-state index is 12.8. The van der Waals surface area contributed by atoms with Crippen LogP contribution in [0.4, 0.5) is 0 Å². The van der Waals surface area contributed by atoms with Crippen LogP contribution in [0.5, 0.6) is 0 Å². The van der Waals surface area contributed by atoms with Crippen molar-refractivity contribution in [2.45, 2.75) is 58.0 Å². The Hall–Kier alpha value is -1.77. The second-order valence-electron chi connectivity index (χ2n) is 9.13. The average Bonchev–Trinajstić information content (AvgIpc) is 2.67. The van der Waals surface area contributed by atoms with E-state index in [0.717, 1.165) is 56.7 Å². The van der Waals surface area contributed by atoms with Gasteiger partial charge in [0.1, 0.15) is 0 Å². The van der Waals surface area contributed by atoms with Gasteiger partial charge in [-0.15, -0.1) is 0 Å². The second-order valence-corrected chi connectivity index (χ2v) is 9.13. The molecule has 0 bridgehead atoms. The summed E-state index contributed by atoms with van der Waals surface area (Å²) in [5, 5.41) is 11.2. The topological polar surface area (TPSA) is 98.8 Å². The minimum Gasteiger partial charge on any atom is -0.387 e. The Labute approximate surface area is 178 Å². The van der Waals surface area contributed by atoms with E-state index in [9.17, 15) is 14.7 Å². The number of likely N-dealkylation sites (N-methyl/N-ethyl adjacent to an activating group) is 1. The number of rotatable bonds is 7. The lowest BCUT2D eigenvalue weighted by Crippen LogP contribution is -2.55. The van der Waals surface area contributed by atoms with Crippen molar-refractivity contribution in [1.82, 2.24) is 19.8 Å². The van der Waals surface area contributed by atoms with Crippen molar-refractivity contribution in [1.29, 1.82) is 0 Å². The van der Waals surface area contributed by atoms with Gasteiger partial charge in [-0.2, -0.15) is 4.98 Å². The number of ether oxygens (including phenoxy) is 1. The summed E-state index contributed by atoms with van der Waals surface area (Å²) in [5.74, 6) is 0.663. The first-order valence-electron chi connectivity index (χ1n) is 11.1. The SMILES string of the molecule is Cc1nc(=O)[nH]c(C)c1CCC(=O)N1CCCC(O)(CN(C)CC2CCOCC2)C1. The molecule has 8 nitrogen and oxygen atoms in total. The van der Waals surface area contributed by atoms with Crippen LogP contribution in [0.1, 0.15) is 49.1 Å². The summed E-state index contributed by atoms with van der Waals surface area (Å²) >= 11 is 0. The predicted octanol–water partition coefficient (Wildman–Crippen LogP) is 1.03. The lowest BCUT2D eigenvalue weighted by atomic mass is 9.91. The number of carbonyl (C=O) groups excluding carboxylic acids is 1. The van der Waals surface area contributed by atoms with Crippen molar-refractivity contribution < 1.29 is 14.6 Å². The van der Waals surface area contributed by atoms with E-state index in [-0.39, 0.29) is 11.6 Å². The highest BCUT2D eigenvalue weighted by Gasteiger charge is 2.36. The zero-order valence-corrected chi connectivity index (χ0v) is 18.6. The highest BCUT2D eigenvalue weighted by atomic mass is 16.5. The first kappa shape index (κ1) is 22.9. The van der Waals surface area contributed by atoms with Gasteiger partial charge in [0.2, 0.25) is 5.91 Å². The van der Waals surface area contributed by atoms with Gasteiger partial charge in [0.25, 0.3) is 0 Å². The summed E-state index contributed by atoms with van der Waals surface area (Å²) < 4.78 is 5.43. The molecule has 1 unspecified atom stereocenters. The lowest BCUT2D eigenvalue weighted by molar-refractivity contribution is -0.139. The van der Waals surface area contributed by atoms with Gasteiger partial charge in [0.05, 0.1) is 12.1 Å². The fourth-order valence-electron chi connectivity index (χ4n) is 4.90. The van der Waals surface area contributed by atoms with Crippen LogP contribution in [0, 0.1) is 19.8 Å². The fourth-order valence-corrected chi connectivity index (χ4v) is 4.90. The molecule has 0 spiro atoms. The van der Waals surface area contributed by atoms with E-state index in [1.807, 2.05) is 6.92 Å². The van der Waals surface area contributed by atoms with Crippen LogP contribution in [-0.2, 0) is 16.0 Å². The fraction of sp³-hybridized carbons (Fsp3) is 0.773. The van der Waals surface area contributed by atoms with E-state index in [2.05, 4.69) is 21.9 Å². The number of nitrogens with one attached hydrogen (secondary N) is 1. The smallest absolute Gasteiger partial charge is 0.345 e. The van der Waals surface area contributed by atoms with Crippen LogP contribution in [-0.4, -0.2) is 82.8 Å². The minimum absolute atomic E-state index is 0.0465. The number of hydrogen-bond donors (Lipinski definition) is 2. The van der Waals surface area contributed by atoms with Crippen LogP contribution in [0.2, 0.25) is 0 Å². The van der Waals surface area contributed by atoms with Crippen LogP contribution >= 0.6 is 0 Å². The van der Waals surface area contributed by atoms with Gasteiger partial charge in [-0.1, -0.05) is 0 Å². The summed E-state index contributed by atoms with van der Waals surface area (Å²) in [5.41, 5.74) is 1.15. The number of hydrogen-bond acceptors (Lipinski definition) is 6. The number of carbonyl (C=O) groups is 1. The quantitative estimate of drug-likeness (QED) is 0.684. The highest BCUT2D eigenvalue weighted by molar-refractivity contribution is 5.76. The Kier molecular flexibility index (Phi) is 7.65. The number of H-pyrrole nitrogens is 1. The van der Waals surface area contributed by atoms with Gasteiger partial charge < -0.3 is 24.6 Å². The Balaban J connectivity index is 1.52. The Bertz CT molecular complexity index is 764. The molecule has 1 aromatic heterocycles. The number of β-amino-alcohol motifs (C(OH)–C–C–N with tert-alkyl or cyclic N) is 1. The van der Waals surface area contributed by atoms with Crippen molar-refractivity contribution in [3.8, 4) is 0 Å². The van der Waals surface area contributed by atoms with Gasteiger partial charge in [-0.3, -0.25) is 4.79 Å². The molecule has 0 aromatic carbocycles. The van der Waals surface area contributed by atoms with E-state index in [0.29, 0.717) is 44.1 Å². The van der Waals surface area contributed by atoms with Gasteiger partial charge in [-0.05, 0) is 64.5 Å². The largest absolute Gasteiger partial charge is 0.387 e. The number of piperidine rings is 1.